The summed E-state index contributed by atoms with van der Waals surface area (Å²) in [6.07, 6.45) is 2.43. The number of carbonyl (C=O) groups excluding carboxylic acids is 1. The van der Waals surface area contributed by atoms with Crippen molar-refractivity contribution >= 4 is 16.9 Å². The Balaban J connectivity index is 2.46. The van der Waals surface area contributed by atoms with E-state index in [-0.39, 0.29) is 12.3 Å². The first kappa shape index (κ1) is 14.0. The maximum atomic E-state index is 11.9. The van der Waals surface area contributed by atoms with Crippen molar-refractivity contribution < 1.29 is 14.3 Å². The lowest BCUT2D eigenvalue weighted by Crippen LogP contribution is -2.12. The summed E-state index contributed by atoms with van der Waals surface area (Å²) in [6, 6.07) is 7.38. The van der Waals surface area contributed by atoms with Gasteiger partial charge in [-0.25, -0.2) is 4.79 Å². The highest BCUT2D eigenvalue weighted by Crippen LogP contribution is 2.27. The van der Waals surface area contributed by atoms with Gasteiger partial charge in [0, 0.05) is 5.39 Å². The number of carbonyl (C=O) groups is 1. The number of hydrogen-bond donors (Lipinski definition) is 0. The fourth-order valence-electron chi connectivity index (χ4n) is 1.75. The molecule has 0 unspecified atom stereocenters. The van der Waals surface area contributed by atoms with Crippen LogP contribution >= 0.6 is 0 Å². The molecule has 5 heteroatoms. The normalized spacial score (nSPS) is 10.2. The van der Waals surface area contributed by atoms with E-state index in [1.165, 1.54) is 0 Å². The largest absolute Gasteiger partial charge is 0.490 e. The van der Waals surface area contributed by atoms with Gasteiger partial charge in [0.05, 0.1) is 18.7 Å². The van der Waals surface area contributed by atoms with Crippen LogP contribution in [0.25, 0.3) is 10.9 Å². The van der Waals surface area contributed by atoms with Crippen molar-refractivity contribution in [1.82, 2.24) is 10.2 Å². The van der Waals surface area contributed by atoms with Gasteiger partial charge in [-0.05, 0) is 25.5 Å². The van der Waals surface area contributed by atoms with Crippen LogP contribution < -0.4 is 4.74 Å². The van der Waals surface area contributed by atoms with Crippen LogP contribution in [0.15, 0.2) is 36.9 Å². The van der Waals surface area contributed by atoms with Crippen LogP contribution in [0.5, 0.6) is 5.75 Å². The van der Waals surface area contributed by atoms with Crippen LogP contribution in [0.3, 0.4) is 0 Å². The van der Waals surface area contributed by atoms with Crippen molar-refractivity contribution in [3.8, 4) is 5.75 Å². The highest BCUT2D eigenvalue weighted by Gasteiger charge is 2.19. The first-order valence-electron chi connectivity index (χ1n) is 6.44. The van der Waals surface area contributed by atoms with Crippen molar-refractivity contribution in [3.05, 3.63) is 42.6 Å². The topological polar surface area (TPSA) is 61.3 Å². The molecule has 0 atom stereocenters. The first-order valence-corrected chi connectivity index (χ1v) is 6.44. The average Bonchev–Trinajstić information content (AvgIpc) is 2.47. The molecular weight excluding hydrogens is 256 g/mol. The summed E-state index contributed by atoms with van der Waals surface area (Å²) in [4.78, 5) is 11.9. The second-order valence-electron chi connectivity index (χ2n) is 4.04. The molecule has 2 rings (SSSR count). The maximum absolute atomic E-state index is 11.9. The number of rotatable bonds is 6. The predicted molar refractivity (Wildman–Crippen MR) is 75.8 cm³/mol. The van der Waals surface area contributed by atoms with Crippen LogP contribution in [0.2, 0.25) is 0 Å². The Labute approximate surface area is 117 Å². The minimum atomic E-state index is -0.528. The molecular formula is C15H16N2O3. The third-order valence-electron chi connectivity index (χ3n) is 2.66. The lowest BCUT2D eigenvalue weighted by atomic mass is 10.2. The molecule has 0 fully saturated rings. The first-order chi connectivity index (χ1) is 9.77. The summed E-state index contributed by atoms with van der Waals surface area (Å²) >= 11 is 0. The lowest BCUT2D eigenvalue weighted by Gasteiger charge is -2.11. The van der Waals surface area contributed by atoms with E-state index in [0.29, 0.717) is 24.3 Å². The van der Waals surface area contributed by atoms with Crippen LogP contribution in [-0.2, 0) is 4.74 Å². The van der Waals surface area contributed by atoms with E-state index < -0.39 is 5.97 Å². The van der Waals surface area contributed by atoms with Crippen molar-refractivity contribution in [2.24, 2.45) is 0 Å². The molecule has 0 saturated heterocycles. The molecule has 0 N–H and O–H groups in total. The molecule has 5 nitrogen and oxygen atoms in total. The molecule has 1 heterocycles. The van der Waals surface area contributed by atoms with Gasteiger partial charge in [0.25, 0.3) is 0 Å². The second kappa shape index (κ2) is 6.65. The van der Waals surface area contributed by atoms with E-state index in [1.54, 1.807) is 13.0 Å². The number of esters is 1. The van der Waals surface area contributed by atoms with Crippen molar-refractivity contribution in [2.45, 2.75) is 13.3 Å². The smallest absolute Gasteiger partial charge is 0.362 e. The van der Waals surface area contributed by atoms with Gasteiger partial charge in [-0.1, -0.05) is 18.2 Å². The molecule has 1 aromatic heterocycles. The zero-order chi connectivity index (χ0) is 14.4. The molecule has 0 saturated carbocycles. The lowest BCUT2D eigenvalue weighted by molar-refractivity contribution is 0.0513. The summed E-state index contributed by atoms with van der Waals surface area (Å²) in [6.45, 7) is 6.08. The van der Waals surface area contributed by atoms with E-state index in [4.69, 9.17) is 9.47 Å². The molecule has 0 bridgehead atoms. The summed E-state index contributed by atoms with van der Waals surface area (Å²) in [5.41, 5.74) is 0.781. The van der Waals surface area contributed by atoms with Gasteiger partial charge in [-0.3, -0.25) is 0 Å². The van der Waals surface area contributed by atoms with E-state index in [9.17, 15) is 4.79 Å². The number of aromatic nitrogens is 2. The molecule has 0 spiro atoms. The van der Waals surface area contributed by atoms with E-state index in [2.05, 4.69) is 16.8 Å². The predicted octanol–water partition coefficient (Wildman–Crippen LogP) is 2.76. The monoisotopic (exact) mass is 272 g/mol. The molecule has 1 aromatic carbocycles. The number of hydrogen-bond acceptors (Lipinski definition) is 5. The van der Waals surface area contributed by atoms with Crippen LogP contribution in [0.4, 0.5) is 0 Å². The molecule has 0 radical (unpaired) electrons. The van der Waals surface area contributed by atoms with Gasteiger partial charge < -0.3 is 9.47 Å². The Bertz CT molecular complexity index is 626. The highest BCUT2D eigenvalue weighted by atomic mass is 16.5. The van der Waals surface area contributed by atoms with Gasteiger partial charge >= 0.3 is 5.97 Å². The maximum Gasteiger partial charge on any atom is 0.362 e. The Kier molecular flexibility index (Phi) is 4.65. The molecule has 2 aromatic rings. The van der Waals surface area contributed by atoms with Crippen molar-refractivity contribution in [3.63, 3.8) is 0 Å². The zero-order valence-electron chi connectivity index (χ0n) is 11.3. The van der Waals surface area contributed by atoms with Crippen LogP contribution in [0, 0.1) is 0 Å². The quantitative estimate of drug-likeness (QED) is 0.459. The molecule has 0 aliphatic carbocycles. The van der Waals surface area contributed by atoms with E-state index >= 15 is 0 Å². The number of fused-ring (bicyclic) bond motifs is 1. The summed E-state index contributed by atoms with van der Waals surface area (Å²) in [5, 5.41) is 8.70. The zero-order valence-corrected chi connectivity index (χ0v) is 11.3. The third-order valence-corrected chi connectivity index (χ3v) is 2.66. The average molecular weight is 272 g/mol. The summed E-state index contributed by atoms with van der Waals surface area (Å²) in [5.74, 6) is -0.116. The summed E-state index contributed by atoms with van der Waals surface area (Å²) in [7, 11) is 0. The van der Waals surface area contributed by atoms with Gasteiger partial charge in [-0.15, -0.1) is 16.8 Å². The van der Waals surface area contributed by atoms with E-state index in [0.717, 1.165) is 5.39 Å². The van der Waals surface area contributed by atoms with Gasteiger partial charge in [0.1, 0.15) is 0 Å². The van der Waals surface area contributed by atoms with E-state index in [1.807, 2.05) is 24.3 Å². The molecule has 0 aliphatic rings. The minimum Gasteiger partial charge on any atom is -0.490 e. The molecule has 0 amide bonds. The van der Waals surface area contributed by atoms with Gasteiger partial charge in [0.2, 0.25) is 5.69 Å². The fourth-order valence-corrected chi connectivity index (χ4v) is 1.75. The Hall–Kier alpha value is -2.43. The standard InChI is InChI=1S/C15H16N2O3/c1-3-5-10-20-14-11-8-6-7-9-12(11)16-17-13(14)15(18)19-4-2/h3,6-9H,1,4-5,10H2,2H3. The minimum absolute atomic E-state index is 0.106. The fraction of sp³-hybridized carbons (Fsp3) is 0.267. The van der Waals surface area contributed by atoms with Gasteiger partial charge in [-0.2, -0.15) is 0 Å². The third kappa shape index (κ3) is 2.93. The SMILES string of the molecule is C=CCCOc1c(C(=O)OCC)nnc2ccccc12. The van der Waals surface area contributed by atoms with Crippen molar-refractivity contribution in [2.75, 3.05) is 13.2 Å². The van der Waals surface area contributed by atoms with Gasteiger partial charge in [0.15, 0.2) is 5.75 Å². The van der Waals surface area contributed by atoms with Crippen molar-refractivity contribution in [1.29, 1.82) is 0 Å². The number of ether oxygens (including phenoxy) is 2. The molecule has 20 heavy (non-hydrogen) atoms. The number of nitrogens with zero attached hydrogens (tertiary/aromatic N) is 2. The van der Waals surface area contributed by atoms with Crippen LogP contribution in [0.1, 0.15) is 23.8 Å². The Morgan fingerprint density at radius 2 is 2.15 bits per heavy atom. The van der Waals surface area contributed by atoms with Crippen LogP contribution in [-0.4, -0.2) is 29.4 Å². The number of benzene rings is 1. The Morgan fingerprint density at radius 3 is 2.90 bits per heavy atom. The second-order valence-corrected chi connectivity index (χ2v) is 4.04. The Morgan fingerprint density at radius 1 is 1.35 bits per heavy atom. The molecule has 104 valence electrons. The highest BCUT2D eigenvalue weighted by molar-refractivity contribution is 5.97. The summed E-state index contributed by atoms with van der Waals surface area (Å²) < 4.78 is 10.7. The molecule has 0 aliphatic heterocycles.